The average Bonchev–Trinajstić information content (AvgIpc) is 2.98. The van der Waals surface area contributed by atoms with Crippen molar-refractivity contribution in [2.75, 3.05) is 24.5 Å². The fourth-order valence-electron chi connectivity index (χ4n) is 2.72. The summed E-state index contributed by atoms with van der Waals surface area (Å²) in [5.74, 6) is 0.0889. The number of hydrogen-bond donors (Lipinski definition) is 0. The highest BCUT2D eigenvalue weighted by atomic mass is 32.2. The number of amides is 2. The maximum atomic E-state index is 12.4. The molecule has 0 radical (unpaired) electrons. The maximum Gasteiger partial charge on any atom is 0.242 e. The molecule has 20 heavy (non-hydrogen) atoms. The third kappa shape index (κ3) is 2.42. The van der Waals surface area contributed by atoms with Crippen LogP contribution in [0.5, 0.6) is 0 Å². The van der Waals surface area contributed by atoms with Gasteiger partial charge in [-0.2, -0.15) is 0 Å². The third-order valence-corrected chi connectivity index (χ3v) is 4.98. The highest BCUT2D eigenvalue weighted by Gasteiger charge is 2.32. The number of rotatable bonds is 2. The lowest BCUT2D eigenvalue weighted by atomic mass is 10.2. The van der Waals surface area contributed by atoms with Crippen LogP contribution in [0.3, 0.4) is 0 Å². The van der Waals surface area contributed by atoms with Crippen LogP contribution in [0.25, 0.3) is 0 Å². The Labute approximate surface area is 123 Å². The molecule has 106 valence electrons. The topological polar surface area (TPSA) is 40.6 Å². The van der Waals surface area contributed by atoms with Crippen LogP contribution in [0.1, 0.15) is 19.8 Å². The Balaban J connectivity index is 1.83. The predicted molar refractivity (Wildman–Crippen MR) is 79.9 cm³/mol. The van der Waals surface area contributed by atoms with Crippen molar-refractivity contribution in [1.82, 2.24) is 4.90 Å². The van der Waals surface area contributed by atoms with E-state index in [0.29, 0.717) is 0 Å². The Hall–Kier alpha value is -1.49. The molecule has 1 fully saturated rings. The van der Waals surface area contributed by atoms with E-state index in [1.807, 2.05) is 36.1 Å². The van der Waals surface area contributed by atoms with Gasteiger partial charge < -0.3 is 9.80 Å². The second kappa shape index (κ2) is 5.48. The van der Waals surface area contributed by atoms with Gasteiger partial charge in [0.05, 0.1) is 10.9 Å². The minimum absolute atomic E-state index is 0.0289. The number of carbonyl (C=O) groups is 2. The molecule has 3 rings (SSSR count). The summed E-state index contributed by atoms with van der Waals surface area (Å²) in [5, 5.41) is -0.128. The molecule has 0 bridgehead atoms. The monoisotopic (exact) mass is 290 g/mol. The molecule has 2 aliphatic rings. The molecular weight excluding hydrogens is 272 g/mol. The Morgan fingerprint density at radius 2 is 2.00 bits per heavy atom. The summed E-state index contributed by atoms with van der Waals surface area (Å²) in [5.41, 5.74) is 0.869. The molecule has 1 atom stereocenters. The molecule has 1 saturated heterocycles. The molecule has 1 aromatic rings. The van der Waals surface area contributed by atoms with Crippen molar-refractivity contribution < 1.29 is 9.59 Å². The summed E-state index contributed by atoms with van der Waals surface area (Å²) in [6, 6.07) is 7.81. The number of anilines is 1. The second-order valence-corrected chi connectivity index (χ2v) is 6.62. The average molecular weight is 290 g/mol. The van der Waals surface area contributed by atoms with Gasteiger partial charge in [0.15, 0.2) is 0 Å². The van der Waals surface area contributed by atoms with Crippen LogP contribution >= 0.6 is 11.8 Å². The molecule has 0 spiro atoms. The van der Waals surface area contributed by atoms with Crippen molar-refractivity contribution >= 4 is 29.3 Å². The standard InChI is InChI=1S/C15H18N2O2S/c1-11-15(19)17(10-14(18)16-8-4-5-9-16)12-6-2-3-7-13(12)20-11/h2-3,6-7,11H,4-5,8-10H2,1H3. The first-order valence-corrected chi connectivity index (χ1v) is 7.89. The van der Waals surface area contributed by atoms with E-state index in [1.165, 1.54) is 0 Å². The molecule has 0 N–H and O–H groups in total. The largest absolute Gasteiger partial charge is 0.341 e. The maximum absolute atomic E-state index is 12.4. The summed E-state index contributed by atoms with van der Waals surface area (Å²) in [6.45, 7) is 3.72. The molecule has 1 aromatic carbocycles. The fraction of sp³-hybridized carbons (Fsp3) is 0.467. The van der Waals surface area contributed by atoms with Gasteiger partial charge in [0, 0.05) is 18.0 Å². The van der Waals surface area contributed by atoms with Crippen LogP contribution in [0.2, 0.25) is 0 Å². The summed E-state index contributed by atoms with van der Waals surface area (Å²) in [4.78, 5) is 29.3. The fourth-order valence-corrected chi connectivity index (χ4v) is 3.79. The summed E-state index contributed by atoms with van der Waals surface area (Å²) < 4.78 is 0. The van der Waals surface area contributed by atoms with Crippen molar-refractivity contribution in [2.24, 2.45) is 0 Å². The molecule has 2 heterocycles. The zero-order valence-corrected chi connectivity index (χ0v) is 12.4. The number of benzene rings is 1. The first-order chi connectivity index (χ1) is 9.66. The zero-order valence-electron chi connectivity index (χ0n) is 11.5. The number of nitrogens with zero attached hydrogens (tertiary/aromatic N) is 2. The van der Waals surface area contributed by atoms with E-state index in [9.17, 15) is 9.59 Å². The Morgan fingerprint density at radius 1 is 1.30 bits per heavy atom. The van der Waals surface area contributed by atoms with E-state index in [4.69, 9.17) is 0 Å². The number of fused-ring (bicyclic) bond motifs is 1. The van der Waals surface area contributed by atoms with Crippen molar-refractivity contribution in [1.29, 1.82) is 0 Å². The highest BCUT2D eigenvalue weighted by Crippen LogP contribution is 2.38. The van der Waals surface area contributed by atoms with Crippen molar-refractivity contribution in [2.45, 2.75) is 29.9 Å². The number of para-hydroxylation sites is 1. The van der Waals surface area contributed by atoms with Crippen molar-refractivity contribution in [3.05, 3.63) is 24.3 Å². The summed E-state index contributed by atoms with van der Waals surface area (Å²) in [6.07, 6.45) is 2.14. The lowest BCUT2D eigenvalue weighted by molar-refractivity contribution is -0.130. The van der Waals surface area contributed by atoms with Gasteiger partial charge in [0.25, 0.3) is 0 Å². The summed E-state index contributed by atoms with van der Waals surface area (Å²) in [7, 11) is 0. The normalized spacial score (nSPS) is 22.1. The first-order valence-electron chi connectivity index (χ1n) is 7.01. The molecule has 1 unspecified atom stereocenters. The number of likely N-dealkylation sites (tertiary alicyclic amines) is 1. The molecule has 4 nitrogen and oxygen atoms in total. The van der Waals surface area contributed by atoms with E-state index in [2.05, 4.69) is 0 Å². The van der Waals surface area contributed by atoms with E-state index in [-0.39, 0.29) is 23.6 Å². The number of carbonyl (C=O) groups excluding carboxylic acids is 2. The summed E-state index contributed by atoms with van der Waals surface area (Å²) >= 11 is 1.57. The quantitative estimate of drug-likeness (QED) is 0.838. The molecule has 2 aliphatic heterocycles. The zero-order chi connectivity index (χ0) is 14.1. The molecule has 0 aromatic heterocycles. The molecule has 0 aliphatic carbocycles. The Morgan fingerprint density at radius 3 is 2.75 bits per heavy atom. The van der Waals surface area contributed by atoms with Crippen LogP contribution in [0.4, 0.5) is 5.69 Å². The lowest BCUT2D eigenvalue weighted by Crippen LogP contribution is -2.46. The van der Waals surface area contributed by atoms with E-state index < -0.39 is 0 Å². The van der Waals surface area contributed by atoms with E-state index >= 15 is 0 Å². The van der Waals surface area contributed by atoms with Gasteiger partial charge in [-0.1, -0.05) is 12.1 Å². The van der Waals surface area contributed by atoms with Crippen LogP contribution < -0.4 is 4.90 Å². The third-order valence-electron chi connectivity index (χ3n) is 3.83. The minimum atomic E-state index is -0.128. The van der Waals surface area contributed by atoms with Crippen LogP contribution in [-0.4, -0.2) is 41.6 Å². The van der Waals surface area contributed by atoms with Crippen LogP contribution in [-0.2, 0) is 9.59 Å². The highest BCUT2D eigenvalue weighted by molar-refractivity contribution is 8.00. The first kappa shape index (κ1) is 13.5. The SMILES string of the molecule is CC1Sc2ccccc2N(CC(=O)N2CCCC2)C1=O. The van der Waals surface area contributed by atoms with Gasteiger partial charge in [0.2, 0.25) is 11.8 Å². The lowest BCUT2D eigenvalue weighted by Gasteiger charge is -2.32. The number of hydrogen-bond acceptors (Lipinski definition) is 3. The smallest absolute Gasteiger partial charge is 0.242 e. The van der Waals surface area contributed by atoms with E-state index in [0.717, 1.165) is 36.5 Å². The Kier molecular flexibility index (Phi) is 3.70. The van der Waals surface area contributed by atoms with E-state index in [1.54, 1.807) is 16.7 Å². The molecule has 2 amide bonds. The van der Waals surface area contributed by atoms with Gasteiger partial charge in [-0.15, -0.1) is 11.8 Å². The minimum Gasteiger partial charge on any atom is -0.341 e. The van der Waals surface area contributed by atoms with Crippen LogP contribution in [0, 0.1) is 0 Å². The second-order valence-electron chi connectivity index (χ2n) is 5.24. The van der Waals surface area contributed by atoms with Gasteiger partial charge in [-0.25, -0.2) is 0 Å². The van der Waals surface area contributed by atoms with Crippen LogP contribution in [0.15, 0.2) is 29.2 Å². The molecule has 0 saturated carbocycles. The predicted octanol–water partition coefficient (Wildman–Crippen LogP) is 2.14. The number of thioether (sulfide) groups is 1. The van der Waals surface area contributed by atoms with Crippen molar-refractivity contribution in [3.8, 4) is 0 Å². The van der Waals surface area contributed by atoms with Gasteiger partial charge in [0.1, 0.15) is 6.54 Å². The molecule has 5 heteroatoms. The Bertz CT molecular complexity index is 540. The van der Waals surface area contributed by atoms with Crippen molar-refractivity contribution in [3.63, 3.8) is 0 Å². The molecular formula is C15H18N2O2S. The van der Waals surface area contributed by atoms with Gasteiger partial charge in [-0.05, 0) is 31.9 Å². The van der Waals surface area contributed by atoms with Gasteiger partial charge in [-0.3, -0.25) is 9.59 Å². The van der Waals surface area contributed by atoms with Gasteiger partial charge >= 0.3 is 0 Å².